The van der Waals surface area contributed by atoms with Gasteiger partial charge in [0, 0.05) is 13.1 Å². The van der Waals surface area contributed by atoms with Gasteiger partial charge >= 0.3 is 7.48 Å². The molecule has 1 aromatic carbocycles. The summed E-state index contributed by atoms with van der Waals surface area (Å²) in [5.41, 5.74) is 2.62. The van der Waals surface area contributed by atoms with E-state index in [0.29, 0.717) is 7.48 Å². The van der Waals surface area contributed by atoms with Crippen molar-refractivity contribution in [3.63, 3.8) is 0 Å². The van der Waals surface area contributed by atoms with Crippen molar-refractivity contribution < 1.29 is 9.76 Å². The van der Waals surface area contributed by atoms with Crippen LogP contribution in [0.4, 0.5) is 0 Å². The van der Waals surface area contributed by atoms with E-state index in [1.54, 1.807) is 13.8 Å². The summed E-state index contributed by atoms with van der Waals surface area (Å²) in [6.45, 7) is 9.59. The van der Waals surface area contributed by atoms with E-state index in [4.69, 9.17) is 4.65 Å². The molecule has 2 rings (SSSR count). The van der Waals surface area contributed by atoms with Gasteiger partial charge in [-0.2, -0.15) is 0 Å². The monoisotopic (exact) mass is 275 g/mol. The predicted octanol–water partition coefficient (Wildman–Crippen LogP) is 1.22. The van der Waals surface area contributed by atoms with Crippen molar-refractivity contribution in [1.29, 1.82) is 0 Å². The first-order valence-corrected chi connectivity index (χ1v) is 7.34. The molecule has 0 aliphatic carbocycles. The molecule has 0 amide bonds. The zero-order chi connectivity index (χ0) is 15.0. The van der Waals surface area contributed by atoms with Crippen LogP contribution in [-0.2, 0) is 17.6 Å². The average Bonchev–Trinajstić information content (AvgIpc) is 2.35. The molecular formula is C16H26BNO2. The lowest BCUT2D eigenvalue weighted by Gasteiger charge is -2.37. The third-order valence-electron chi connectivity index (χ3n) is 4.55. The van der Waals surface area contributed by atoms with Crippen molar-refractivity contribution >= 4 is 12.9 Å². The smallest absolute Gasteiger partial charge is 0.309 e. The van der Waals surface area contributed by atoms with Gasteiger partial charge in [0.2, 0.25) is 0 Å². The third-order valence-corrected chi connectivity index (χ3v) is 4.55. The third kappa shape index (κ3) is 3.43. The highest BCUT2D eigenvalue weighted by Gasteiger charge is 2.35. The molecule has 0 radical (unpaired) electrons. The summed E-state index contributed by atoms with van der Waals surface area (Å²) >= 11 is 0. The van der Waals surface area contributed by atoms with Crippen LogP contribution in [0.5, 0.6) is 0 Å². The normalized spacial score (nSPS) is 16.9. The number of likely N-dealkylation sites (N-methyl/N-ethyl adjacent to an activating group) is 1. The Labute approximate surface area is 123 Å². The number of nitrogens with zero attached hydrogens (tertiary/aromatic N) is 1. The van der Waals surface area contributed by atoms with Gasteiger partial charge in [-0.15, -0.1) is 0 Å². The summed E-state index contributed by atoms with van der Waals surface area (Å²) < 4.78 is 5.93. The first-order valence-electron chi connectivity index (χ1n) is 7.34. The van der Waals surface area contributed by atoms with Crippen LogP contribution in [0.3, 0.4) is 0 Å². The quantitative estimate of drug-likeness (QED) is 0.839. The number of hydrogen-bond donors (Lipinski definition) is 1. The molecule has 0 atom stereocenters. The SMILES string of the molecule is CN1CCc2cc(BOC(C)(C)C(C)(C)O)ccc2C1. The number of fused-ring (bicyclic) bond motifs is 1. The fourth-order valence-electron chi connectivity index (χ4n) is 2.28. The first kappa shape index (κ1) is 15.6. The molecule has 20 heavy (non-hydrogen) atoms. The van der Waals surface area contributed by atoms with Gasteiger partial charge in [0.25, 0.3) is 0 Å². The first-order chi connectivity index (χ1) is 9.19. The van der Waals surface area contributed by atoms with Crippen molar-refractivity contribution in [1.82, 2.24) is 4.90 Å². The second-order valence-electron chi connectivity index (χ2n) is 6.95. The lowest BCUT2D eigenvalue weighted by Crippen LogP contribution is -2.49. The van der Waals surface area contributed by atoms with Gasteiger partial charge in [-0.25, -0.2) is 0 Å². The highest BCUT2D eigenvalue weighted by Crippen LogP contribution is 2.24. The summed E-state index contributed by atoms with van der Waals surface area (Å²) in [6.07, 6.45) is 1.11. The second kappa shape index (κ2) is 5.51. The van der Waals surface area contributed by atoms with E-state index in [1.807, 2.05) is 13.8 Å². The zero-order valence-electron chi connectivity index (χ0n) is 13.4. The van der Waals surface area contributed by atoms with Crippen LogP contribution < -0.4 is 5.46 Å². The van der Waals surface area contributed by atoms with E-state index in [0.717, 1.165) is 19.5 Å². The maximum absolute atomic E-state index is 10.1. The van der Waals surface area contributed by atoms with Crippen molar-refractivity contribution in [2.24, 2.45) is 0 Å². The number of aliphatic hydroxyl groups is 1. The predicted molar refractivity (Wildman–Crippen MR) is 84.7 cm³/mol. The summed E-state index contributed by atoms with van der Waals surface area (Å²) in [5, 5.41) is 10.1. The Bertz CT molecular complexity index is 480. The topological polar surface area (TPSA) is 32.7 Å². The van der Waals surface area contributed by atoms with Crippen LogP contribution in [0.25, 0.3) is 0 Å². The molecule has 0 unspecified atom stereocenters. The fraction of sp³-hybridized carbons (Fsp3) is 0.625. The largest absolute Gasteiger partial charge is 0.427 e. The van der Waals surface area contributed by atoms with Gasteiger partial charge in [0.1, 0.15) is 0 Å². The van der Waals surface area contributed by atoms with E-state index in [1.165, 1.54) is 16.6 Å². The standard InChI is InChI=1S/C16H26BNO2/c1-15(2,19)16(3,4)20-17-14-7-6-13-11-18(5)9-8-12(13)10-14/h6-7,10,17,19H,8-9,11H2,1-5H3. The van der Waals surface area contributed by atoms with Gasteiger partial charge < -0.3 is 14.7 Å². The minimum Gasteiger partial charge on any atom is -0.427 e. The lowest BCUT2D eigenvalue weighted by atomic mass is 9.81. The van der Waals surface area contributed by atoms with Crippen molar-refractivity contribution in [3.05, 3.63) is 29.3 Å². The Kier molecular flexibility index (Phi) is 4.28. The molecule has 1 aliphatic rings. The van der Waals surface area contributed by atoms with Gasteiger partial charge in [-0.1, -0.05) is 23.7 Å². The molecule has 0 saturated heterocycles. The average molecular weight is 275 g/mol. The molecule has 3 nitrogen and oxygen atoms in total. The Morgan fingerprint density at radius 1 is 1.20 bits per heavy atom. The molecule has 0 fully saturated rings. The number of hydrogen-bond acceptors (Lipinski definition) is 3. The summed E-state index contributed by atoms with van der Waals surface area (Å²) in [7, 11) is 2.70. The van der Waals surface area contributed by atoms with E-state index in [9.17, 15) is 5.11 Å². The van der Waals surface area contributed by atoms with E-state index < -0.39 is 11.2 Å². The van der Waals surface area contributed by atoms with Crippen molar-refractivity contribution in [3.8, 4) is 0 Å². The van der Waals surface area contributed by atoms with Crippen LogP contribution in [0.15, 0.2) is 18.2 Å². The minimum absolute atomic E-state index is 0.542. The Balaban J connectivity index is 2.05. The minimum atomic E-state index is -0.857. The highest BCUT2D eigenvalue weighted by molar-refractivity contribution is 6.47. The van der Waals surface area contributed by atoms with Gasteiger partial charge in [0.15, 0.2) is 0 Å². The van der Waals surface area contributed by atoms with Gasteiger partial charge in [0.05, 0.1) is 11.2 Å². The summed E-state index contributed by atoms with van der Waals surface area (Å²) in [6, 6.07) is 6.60. The lowest BCUT2D eigenvalue weighted by molar-refractivity contribution is -0.0893. The number of benzene rings is 1. The molecular weight excluding hydrogens is 249 g/mol. The van der Waals surface area contributed by atoms with E-state index in [2.05, 4.69) is 30.1 Å². The van der Waals surface area contributed by atoms with Crippen LogP contribution >= 0.6 is 0 Å². The maximum Gasteiger partial charge on any atom is 0.309 e. The van der Waals surface area contributed by atoms with Crippen LogP contribution in [0.1, 0.15) is 38.8 Å². The van der Waals surface area contributed by atoms with Crippen LogP contribution in [-0.4, -0.2) is 42.3 Å². The molecule has 4 heteroatoms. The maximum atomic E-state index is 10.1. The highest BCUT2D eigenvalue weighted by atomic mass is 16.5. The Hall–Kier alpha value is -0.835. The Morgan fingerprint density at radius 3 is 2.55 bits per heavy atom. The van der Waals surface area contributed by atoms with Crippen molar-refractivity contribution in [2.75, 3.05) is 13.6 Å². The van der Waals surface area contributed by atoms with Crippen LogP contribution in [0, 0.1) is 0 Å². The van der Waals surface area contributed by atoms with E-state index >= 15 is 0 Å². The molecule has 0 saturated carbocycles. The Morgan fingerprint density at radius 2 is 1.90 bits per heavy atom. The summed E-state index contributed by atoms with van der Waals surface area (Å²) in [4.78, 5) is 2.34. The van der Waals surface area contributed by atoms with Gasteiger partial charge in [-0.3, -0.25) is 0 Å². The van der Waals surface area contributed by atoms with Crippen molar-refractivity contribution in [2.45, 2.75) is 51.9 Å². The molecule has 1 N–H and O–H groups in total. The van der Waals surface area contributed by atoms with Gasteiger partial charge in [-0.05, 0) is 52.3 Å². The molecule has 0 bridgehead atoms. The molecule has 1 heterocycles. The molecule has 1 aromatic rings. The van der Waals surface area contributed by atoms with E-state index in [-0.39, 0.29) is 0 Å². The molecule has 1 aliphatic heterocycles. The van der Waals surface area contributed by atoms with Crippen LogP contribution in [0.2, 0.25) is 0 Å². The second-order valence-corrected chi connectivity index (χ2v) is 6.95. The molecule has 0 aromatic heterocycles. The number of rotatable bonds is 4. The zero-order valence-corrected chi connectivity index (χ0v) is 13.4. The summed E-state index contributed by atoms with van der Waals surface area (Å²) in [5.74, 6) is 0. The molecule has 110 valence electrons. The molecule has 0 spiro atoms. The fourth-order valence-corrected chi connectivity index (χ4v) is 2.28.